The Balaban J connectivity index is 1.78. The third kappa shape index (κ3) is 13.3. The van der Waals surface area contributed by atoms with E-state index in [1.807, 2.05) is 0 Å². The van der Waals surface area contributed by atoms with Gasteiger partial charge in [0.1, 0.15) is 6.54 Å². The molecular formula is C27H50N+. The standard InChI is InChI=1S/C27H50N/c1-4-5-6-7-8-9-10-11-12-13-14-15-16-17-18-19-20-21-25-28-26(2)23-22-24-27(28)3/h22-24H,4-21,25H2,1-3H3/q+1. The summed E-state index contributed by atoms with van der Waals surface area (Å²) in [7, 11) is 0. The molecule has 0 atom stereocenters. The van der Waals surface area contributed by atoms with Crippen LogP contribution in [0.25, 0.3) is 0 Å². The zero-order chi connectivity index (χ0) is 20.3. The van der Waals surface area contributed by atoms with Gasteiger partial charge in [-0.1, -0.05) is 110 Å². The van der Waals surface area contributed by atoms with E-state index in [2.05, 4.69) is 43.5 Å². The molecule has 1 nitrogen and oxygen atoms in total. The van der Waals surface area contributed by atoms with Gasteiger partial charge in [-0.2, -0.15) is 0 Å². The molecule has 1 aromatic rings. The molecule has 0 saturated carbocycles. The SMILES string of the molecule is CCCCCCCCCCCCCCCCCCCC[n+]1c(C)cccc1C. The molecule has 0 N–H and O–H groups in total. The van der Waals surface area contributed by atoms with Crippen LogP contribution in [0.15, 0.2) is 18.2 Å². The Bertz CT molecular complexity index is 445. The van der Waals surface area contributed by atoms with Gasteiger partial charge in [0.05, 0.1) is 0 Å². The van der Waals surface area contributed by atoms with E-state index in [9.17, 15) is 0 Å². The van der Waals surface area contributed by atoms with Crippen LogP contribution in [0.4, 0.5) is 0 Å². The zero-order valence-corrected chi connectivity index (χ0v) is 19.6. The fourth-order valence-electron chi connectivity index (χ4n) is 4.31. The minimum absolute atomic E-state index is 1.19. The van der Waals surface area contributed by atoms with Crippen LogP contribution in [0.5, 0.6) is 0 Å². The van der Waals surface area contributed by atoms with Crippen LogP contribution in [0.3, 0.4) is 0 Å². The summed E-state index contributed by atoms with van der Waals surface area (Å²) in [5.41, 5.74) is 2.79. The molecule has 0 aliphatic rings. The van der Waals surface area contributed by atoms with Gasteiger partial charge in [0.15, 0.2) is 11.4 Å². The second-order valence-electron chi connectivity index (χ2n) is 8.97. The summed E-state index contributed by atoms with van der Waals surface area (Å²) in [5.74, 6) is 0. The molecule has 1 heterocycles. The Morgan fingerprint density at radius 2 is 0.821 bits per heavy atom. The van der Waals surface area contributed by atoms with Gasteiger partial charge < -0.3 is 0 Å². The van der Waals surface area contributed by atoms with Crippen LogP contribution in [0, 0.1) is 13.8 Å². The summed E-state index contributed by atoms with van der Waals surface area (Å²) in [6.07, 6.45) is 26.0. The zero-order valence-electron chi connectivity index (χ0n) is 19.6. The molecule has 28 heavy (non-hydrogen) atoms. The number of pyridine rings is 1. The molecule has 0 radical (unpaired) electrons. The maximum Gasteiger partial charge on any atom is 0.178 e. The van der Waals surface area contributed by atoms with Crippen molar-refractivity contribution in [3.63, 3.8) is 0 Å². The Kier molecular flexibility index (Phi) is 16.4. The summed E-state index contributed by atoms with van der Waals surface area (Å²) < 4.78 is 2.46. The first-order valence-electron chi connectivity index (χ1n) is 12.7. The van der Waals surface area contributed by atoms with E-state index in [-0.39, 0.29) is 0 Å². The molecule has 162 valence electrons. The van der Waals surface area contributed by atoms with Gasteiger partial charge in [-0.25, -0.2) is 4.57 Å². The number of rotatable bonds is 19. The molecule has 0 saturated heterocycles. The summed E-state index contributed by atoms with van der Waals surface area (Å²) in [6.45, 7) is 7.94. The van der Waals surface area contributed by atoms with E-state index in [1.54, 1.807) is 0 Å². The molecule has 0 aromatic carbocycles. The van der Waals surface area contributed by atoms with Crippen LogP contribution in [0.1, 0.15) is 134 Å². The van der Waals surface area contributed by atoms with E-state index >= 15 is 0 Å². The fourth-order valence-corrected chi connectivity index (χ4v) is 4.31. The lowest BCUT2D eigenvalue weighted by molar-refractivity contribution is -0.709. The topological polar surface area (TPSA) is 3.88 Å². The van der Waals surface area contributed by atoms with Crippen molar-refractivity contribution in [1.29, 1.82) is 0 Å². The molecule has 1 rings (SSSR count). The van der Waals surface area contributed by atoms with Gasteiger partial charge in [0, 0.05) is 32.4 Å². The van der Waals surface area contributed by atoms with Crippen molar-refractivity contribution in [3.8, 4) is 0 Å². The Morgan fingerprint density at radius 1 is 0.500 bits per heavy atom. The highest BCUT2D eigenvalue weighted by Gasteiger charge is 2.08. The average Bonchev–Trinajstić information content (AvgIpc) is 2.69. The van der Waals surface area contributed by atoms with Gasteiger partial charge in [0.2, 0.25) is 0 Å². The van der Waals surface area contributed by atoms with E-state index in [4.69, 9.17) is 0 Å². The van der Waals surface area contributed by atoms with Gasteiger partial charge >= 0.3 is 0 Å². The van der Waals surface area contributed by atoms with E-state index in [1.165, 1.54) is 134 Å². The maximum atomic E-state index is 2.46. The quantitative estimate of drug-likeness (QED) is 0.165. The third-order valence-corrected chi connectivity index (χ3v) is 6.26. The van der Waals surface area contributed by atoms with Crippen LogP contribution in [-0.4, -0.2) is 0 Å². The fraction of sp³-hybridized carbons (Fsp3) is 0.815. The van der Waals surface area contributed by atoms with Crippen molar-refractivity contribution in [1.82, 2.24) is 0 Å². The highest BCUT2D eigenvalue weighted by Crippen LogP contribution is 2.14. The molecule has 0 spiro atoms. The first kappa shape index (κ1) is 25.2. The smallest absolute Gasteiger partial charge is 0.178 e. The second-order valence-corrected chi connectivity index (χ2v) is 8.97. The monoisotopic (exact) mass is 388 g/mol. The van der Waals surface area contributed by atoms with Gasteiger partial charge in [0.25, 0.3) is 0 Å². The number of hydrogen-bond donors (Lipinski definition) is 0. The lowest BCUT2D eigenvalue weighted by Crippen LogP contribution is -2.40. The Labute approximate surface area is 177 Å². The molecular weight excluding hydrogens is 338 g/mol. The Morgan fingerprint density at radius 3 is 1.18 bits per heavy atom. The number of unbranched alkanes of at least 4 members (excludes halogenated alkanes) is 17. The number of aromatic nitrogens is 1. The van der Waals surface area contributed by atoms with Crippen molar-refractivity contribution in [2.24, 2.45) is 0 Å². The maximum absolute atomic E-state index is 2.46. The van der Waals surface area contributed by atoms with Crippen molar-refractivity contribution in [2.75, 3.05) is 0 Å². The third-order valence-electron chi connectivity index (χ3n) is 6.26. The molecule has 0 bridgehead atoms. The summed E-state index contributed by atoms with van der Waals surface area (Å²) >= 11 is 0. The molecule has 1 aromatic heterocycles. The normalized spacial score (nSPS) is 11.2. The lowest BCUT2D eigenvalue weighted by Gasteiger charge is -2.05. The minimum Gasteiger partial charge on any atom is -0.200 e. The van der Waals surface area contributed by atoms with Crippen molar-refractivity contribution in [2.45, 2.75) is 143 Å². The summed E-state index contributed by atoms with van der Waals surface area (Å²) in [5, 5.41) is 0. The van der Waals surface area contributed by atoms with E-state index in [0.29, 0.717) is 0 Å². The van der Waals surface area contributed by atoms with Crippen molar-refractivity contribution < 1.29 is 4.57 Å². The largest absolute Gasteiger partial charge is 0.200 e. The predicted octanol–water partition coefficient (Wildman–Crippen LogP) is 8.63. The minimum atomic E-state index is 1.19. The van der Waals surface area contributed by atoms with Crippen LogP contribution >= 0.6 is 0 Å². The molecule has 0 amide bonds. The number of aryl methyl sites for hydroxylation is 2. The predicted molar refractivity (Wildman–Crippen MR) is 125 cm³/mol. The first-order chi connectivity index (χ1) is 13.8. The molecule has 0 aliphatic carbocycles. The highest BCUT2D eigenvalue weighted by molar-refractivity contribution is 5.00. The van der Waals surface area contributed by atoms with E-state index < -0.39 is 0 Å². The highest BCUT2D eigenvalue weighted by atomic mass is 15.0. The number of hydrogen-bond acceptors (Lipinski definition) is 0. The van der Waals surface area contributed by atoms with Crippen molar-refractivity contribution >= 4 is 0 Å². The molecule has 0 aliphatic heterocycles. The summed E-state index contributed by atoms with van der Waals surface area (Å²) in [6, 6.07) is 6.61. The first-order valence-corrected chi connectivity index (χ1v) is 12.7. The van der Waals surface area contributed by atoms with Crippen LogP contribution < -0.4 is 4.57 Å². The van der Waals surface area contributed by atoms with Gasteiger partial charge in [-0.3, -0.25) is 0 Å². The van der Waals surface area contributed by atoms with Gasteiger partial charge in [-0.05, 0) is 12.5 Å². The number of nitrogens with zero attached hydrogens (tertiary/aromatic N) is 1. The van der Waals surface area contributed by atoms with Crippen LogP contribution in [-0.2, 0) is 6.54 Å². The van der Waals surface area contributed by atoms with E-state index in [0.717, 1.165) is 0 Å². The average molecular weight is 389 g/mol. The van der Waals surface area contributed by atoms with Crippen LogP contribution in [0.2, 0.25) is 0 Å². The molecule has 1 heteroatoms. The summed E-state index contributed by atoms with van der Waals surface area (Å²) in [4.78, 5) is 0. The molecule has 0 fully saturated rings. The van der Waals surface area contributed by atoms with Crippen molar-refractivity contribution in [3.05, 3.63) is 29.6 Å². The Hall–Kier alpha value is -0.850. The second kappa shape index (κ2) is 18.2. The van der Waals surface area contributed by atoms with Gasteiger partial charge in [-0.15, -0.1) is 0 Å². The lowest BCUT2D eigenvalue weighted by atomic mass is 10.0. The molecule has 0 unspecified atom stereocenters.